The molecule has 6 aromatic carbocycles. The normalized spacial score (nSPS) is 11.9. The molecule has 0 unspecified atom stereocenters. The van der Waals surface area contributed by atoms with Crippen LogP contribution in [0.5, 0.6) is 0 Å². The van der Waals surface area contributed by atoms with Gasteiger partial charge in [0.1, 0.15) is 16.9 Å². The van der Waals surface area contributed by atoms with E-state index in [9.17, 15) is 5.11 Å². The van der Waals surface area contributed by atoms with Crippen molar-refractivity contribution >= 4 is 22.9 Å². The first-order chi connectivity index (χ1) is 25.6. The van der Waals surface area contributed by atoms with Crippen molar-refractivity contribution in [3.8, 4) is 0 Å². The molecule has 52 heavy (non-hydrogen) atoms. The summed E-state index contributed by atoms with van der Waals surface area (Å²) in [6, 6.07) is 64.6. The number of hydrogen-bond donors (Lipinski definition) is 4. The van der Waals surface area contributed by atoms with Crippen molar-refractivity contribution in [3.63, 3.8) is 0 Å². The number of anilines is 3. The maximum absolute atomic E-state index is 10.0. The summed E-state index contributed by atoms with van der Waals surface area (Å²) >= 11 is 0. The monoisotopic (exact) mass is 678 g/mol. The molecule has 0 radical (unpaired) electrons. The number of nitrogens with two attached hydrogens (primary N) is 1. The van der Waals surface area contributed by atoms with E-state index in [-0.39, 0.29) is 6.61 Å². The summed E-state index contributed by atoms with van der Waals surface area (Å²) in [5.41, 5.74) is 13.8. The summed E-state index contributed by atoms with van der Waals surface area (Å²) in [6.07, 6.45) is 1.77. The maximum atomic E-state index is 10.0. The highest BCUT2D eigenvalue weighted by Crippen LogP contribution is 2.44. The Morgan fingerprint density at radius 3 is 1.15 bits per heavy atom. The fraction of sp³-hybridized carbons (Fsp3) is 0.0851. The van der Waals surface area contributed by atoms with Gasteiger partial charge in [-0.15, -0.1) is 0 Å². The fourth-order valence-electron chi connectivity index (χ4n) is 7.22. The lowest BCUT2D eigenvalue weighted by molar-refractivity contribution is 0.343. The van der Waals surface area contributed by atoms with Crippen molar-refractivity contribution in [2.24, 2.45) is 0 Å². The number of pyridine rings is 1. The van der Waals surface area contributed by atoms with Crippen LogP contribution in [0.15, 0.2) is 194 Å². The van der Waals surface area contributed by atoms with Crippen LogP contribution >= 0.6 is 0 Å². The van der Waals surface area contributed by atoms with Crippen molar-refractivity contribution in [1.82, 2.24) is 4.98 Å². The summed E-state index contributed by atoms with van der Waals surface area (Å²) in [7, 11) is 0. The average Bonchev–Trinajstić information content (AvgIpc) is 3.22. The van der Waals surface area contributed by atoms with Gasteiger partial charge < -0.3 is 21.5 Å². The van der Waals surface area contributed by atoms with Crippen molar-refractivity contribution in [2.75, 3.05) is 23.0 Å². The van der Waals surface area contributed by atoms with Gasteiger partial charge in [-0.2, -0.15) is 0 Å². The maximum Gasteiger partial charge on any atom is 0.153 e. The standard InChI is InChI=1S/C47H42N4O/c1-35(32-33-52)42-34-43(50-46(36-20-8-2-9-21-36,37-22-10-3-11-23-37)38-24-12-4-13-25-38)49-45(44(42)48)51-47(39-26-14-5-15-27-39,40-28-16-6-17-29-40)41-30-18-7-19-31-41/h2-32,34,52H,33,48H2,1H3,(H2,49,50,51)/b35-32+. The molecule has 7 rings (SSSR count). The molecule has 0 bridgehead atoms. The lowest BCUT2D eigenvalue weighted by Gasteiger charge is -2.39. The van der Waals surface area contributed by atoms with Gasteiger partial charge in [0.25, 0.3) is 0 Å². The smallest absolute Gasteiger partial charge is 0.153 e. The summed E-state index contributed by atoms with van der Waals surface area (Å²) in [5.74, 6) is 1.11. The number of aliphatic hydroxyl groups is 1. The first-order valence-corrected chi connectivity index (χ1v) is 17.5. The highest BCUT2D eigenvalue weighted by Gasteiger charge is 2.39. The van der Waals surface area contributed by atoms with Crippen molar-refractivity contribution in [1.29, 1.82) is 0 Å². The molecule has 0 saturated heterocycles. The molecular weight excluding hydrogens is 637 g/mol. The minimum absolute atomic E-state index is 0.122. The number of nitrogens with zero attached hydrogens (tertiary/aromatic N) is 1. The second-order valence-electron chi connectivity index (χ2n) is 12.8. The zero-order valence-electron chi connectivity index (χ0n) is 29.2. The van der Waals surface area contributed by atoms with E-state index in [2.05, 4.69) is 156 Å². The Hall–Kier alpha value is -6.43. The zero-order valence-corrected chi connectivity index (χ0v) is 29.2. The van der Waals surface area contributed by atoms with Crippen LogP contribution in [-0.2, 0) is 11.1 Å². The number of benzene rings is 6. The Morgan fingerprint density at radius 2 is 0.846 bits per heavy atom. The van der Waals surface area contributed by atoms with E-state index in [4.69, 9.17) is 10.7 Å². The summed E-state index contributed by atoms with van der Waals surface area (Å²) in [5, 5.41) is 17.9. The van der Waals surface area contributed by atoms with Crippen molar-refractivity contribution in [3.05, 3.63) is 233 Å². The first-order valence-electron chi connectivity index (χ1n) is 17.5. The van der Waals surface area contributed by atoms with Gasteiger partial charge in [-0.3, -0.25) is 0 Å². The van der Waals surface area contributed by atoms with E-state index in [0.717, 1.165) is 44.5 Å². The van der Waals surface area contributed by atoms with Gasteiger partial charge in [0.15, 0.2) is 5.82 Å². The highest BCUT2D eigenvalue weighted by atomic mass is 16.2. The molecule has 5 heteroatoms. The third kappa shape index (κ3) is 6.46. The third-order valence-electron chi connectivity index (χ3n) is 9.74. The predicted molar refractivity (Wildman–Crippen MR) is 215 cm³/mol. The lowest BCUT2D eigenvalue weighted by atomic mass is 9.76. The van der Waals surface area contributed by atoms with Crippen LogP contribution in [0.4, 0.5) is 17.3 Å². The Balaban J connectivity index is 1.51. The molecule has 5 nitrogen and oxygen atoms in total. The van der Waals surface area contributed by atoms with Gasteiger partial charge in [-0.05, 0) is 51.9 Å². The highest BCUT2D eigenvalue weighted by molar-refractivity contribution is 5.84. The van der Waals surface area contributed by atoms with Gasteiger partial charge in [0, 0.05) is 5.56 Å². The van der Waals surface area contributed by atoms with Crippen LogP contribution in [0.3, 0.4) is 0 Å². The Morgan fingerprint density at radius 1 is 0.538 bits per heavy atom. The van der Waals surface area contributed by atoms with Gasteiger partial charge in [0.2, 0.25) is 0 Å². The molecule has 256 valence electrons. The van der Waals surface area contributed by atoms with E-state index in [1.807, 2.05) is 49.4 Å². The molecule has 0 aliphatic rings. The molecule has 0 spiro atoms. The fourth-order valence-corrected chi connectivity index (χ4v) is 7.22. The molecule has 1 aromatic heterocycles. The minimum atomic E-state index is -0.870. The quantitative estimate of drug-likeness (QED) is 0.0968. The number of allylic oxidation sites excluding steroid dienone is 1. The summed E-state index contributed by atoms with van der Waals surface area (Å²) in [4.78, 5) is 5.36. The van der Waals surface area contributed by atoms with E-state index < -0.39 is 11.1 Å². The number of hydrogen-bond acceptors (Lipinski definition) is 5. The molecule has 7 aromatic rings. The Bertz CT molecular complexity index is 2030. The predicted octanol–water partition coefficient (Wildman–Crippen LogP) is 9.87. The van der Waals surface area contributed by atoms with Gasteiger partial charge in [0.05, 0.1) is 12.3 Å². The molecule has 0 amide bonds. The Kier molecular flexibility index (Phi) is 9.96. The van der Waals surface area contributed by atoms with E-state index in [0.29, 0.717) is 17.3 Å². The van der Waals surface area contributed by atoms with E-state index in [1.165, 1.54) is 0 Å². The Labute approximate surface area is 306 Å². The van der Waals surface area contributed by atoms with Crippen LogP contribution in [-0.4, -0.2) is 16.7 Å². The molecular formula is C47H42N4O. The lowest BCUT2D eigenvalue weighted by Crippen LogP contribution is -2.40. The largest absolute Gasteiger partial charge is 0.395 e. The number of aromatic nitrogens is 1. The van der Waals surface area contributed by atoms with Crippen LogP contribution in [0, 0.1) is 0 Å². The van der Waals surface area contributed by atoms with Gasteiger partial charge >= 0.3 is 0 Å². The second kappa shape index (κ2) is 15.2. The SMILES string of the molecule is C/C(=C\CO)c1cc(NC(c2ccccc2)(c2ccccc2)c2ccccc2)nc(NC(c2ccccc2)(c2ccccc2)c2ccccc2)c1N. The molecule has 0 fully saturated rings. The average molecular weight is 679 g/mol. The van der Waals surface area contributed by atoms with Crippen molar-refractivity contribution in [2.45, 2.75) is 18.0 Å². The second-order valence-corrected chi connectivity index (χ2v) is 12.8. The molecule has 0 atom stereocenters. The van der Waals surface area contributed by atoms with Crippen LogP contribution in [0.2, 0.25) is 0 Å². The van der Waals surface area contributed by atoms with Crippen LogP contribution in [0.25, 0.3) is 5.57 Å². The number of aliphatic hydroxyl groups excluding tert-OH is 1. The molecule has 0 aliphatic heterocycles. The molecule has 5 N–H and O–H groups in total. The number of nitrogens with one attached hydrogen (secondary N) is 2. The van der Waals surface area contributed by atoms with Gasteiger partial charge in [-0.1, -0.05) is 188 Å². The molecule has 0 saturated carbocycles. The first kappa shape index (κ1) is 34.0. The van der Waals surface area contributed by atoms with Crippen LogP contribution in [0.1, 0.15) is 45.9 Å². The van der Waals surface area contributed by atoms with E-state index >= 15 is 0 Å². The number of nitrogen functional groups attached to an aromatic ring is 1. The van der Waals surface area contributed by atoms with Crippen molar-refractivity contribution < 1.29 is 5.11 Å². The molecule has 1 heterocycles. The zero-order chi connectivity index (χ0) is 35.8. The summed E-state index contributed by atoms with van der Waals surface area (Å²) in [6.45, 7) is 1.84. The third-order valence-corrected chi connectivity index (χ3v) is 9.74. The van der Waals surface area contributed by atoms with Gasteiger partial charge in [-0.25, -0.2) is 4.98 Å². The van der Waals surface area contributed by atoms with E-state index in [1.54, 1.807) is 6.08 Å². The summed E-state index contributed by atoms with van der Waals surface area (Å²) < 4.78 is 0. The molecule has 0 aliphatic carbocycles. The topological polar surface area (TPSA) is 83.2 Å². The van der Waals surface area contributed by atoms with Crippen LogP contribution < -0.4 is 16.4 Å². The number of rotatable bonds is 12. The minimum Gasteiger partial charge on any atom is -0.395 e.